The van der Waals surface area contributed by atoms with Crippen molar-refractivity contribution in [2.24, 2.45) is 5.92 Å². The number of nitrogens with one attached hydrogen (secondary N) is 1. The molecule has 1 aliphatic carbocycles. The summed E-state index contributed by atoms with van der Waals surface area (Å²) in [7, 11) is 0. The molecule has 1 aromatic rings. The molecule has 1 amide bonds. The third-order valence-electron chi connectivity index (χ3n) is 3.55. The predicted octanol–water partition coefficient (Wildman–Crippen LogP) is 1.49. The third kappa shape index (κ3) is 2.90. The van der Waals surface area contributed by atoms with Crippen molar-refractivity contribution in [1.29, 1.82) is 0 Å². The number of carbonyl (C=O) groups excluding carboxylic acids is 1. The molecular formula is C13H16N2O4. The Kier molecular flexibility index (Phi) is 3.53. The molecule has 2 N–H and O–H groups in total. The third-order valence-corrected chi connectivity index (χ3v) is 3.55. The van der Waals surface area contributed by atoms with E-state index in [-0.39, 0.29) is 18.2 Å². The molecule has 0 bridgehead atoms. The highest BCUT2D eigenvalue weighted by atomic mass is 16.6. The Morgan fingerprint density at radius 2 is 2.05 bits per heavy atom. The molecule has 6 nitrogen and oxygen atoms in total. The minimum absolute atomic E-state index is 0.0522. The van der Waals surface area contributed by atoms with Gasteiger partial charge in [0, 0.05) is 17.7 Å². The lowest BCUT2D eigenvalue weighted by Gasteiger charge is -2.28. The zero-order chi connectivity index (χ0) is 14.0. The summed E-state index contributed by atoms with van der Waals surface area (Å²) in [6, 6.07) is 5.42. The average Bonchev–Trinajstić information content (AvgIpc) is 3.23. The number of nitro benzene ring substituents is 1. The van der Waals surface area contributed by atoms with Gasteiger partial charge >= 0.3 is 0 Å². The van der Waals surface area contributed by atoms with Crippen molar-refractivity contribution < 1.29 is 14.8 Å². The van der Waals surface area contributed by atoms with E-state index in [4.69, 9.17) is 0 Å². The molecular weight excluding hydrogens is 248 g/mol. The highest BCUT2D eigenvalue weighted by molar-refractivity contribution is 5.94. The van der Waals surface area contributed by atoms with Crippen LogP contribution in [0.4, 0.5) is 5.69 Å². The van der Waals surface area contributed by atoms with Gasteiger partial charge in [0.05, 0.1) is 17.1 Å². The molecule has 0 aromatic heterocycles. The van der Waals surface area contributed by atoms with Crippen LogP contribution in [-0.2, 0) is 0 Å². The second-order valence-electron chi connectivity index (χ2n) is 5.11. The maximum atomic E-state index is 12.0. The van der Waals surface area contributed by atoms with Gasteiger partial charge in [-0.1, -0.05) is 0 Å². The molecule has 2 rings (SSSR count). The van der Waals surface area contributed by atoms with Crippen LogP contribution in [0.25, 0.3) is 0 Å². The minimum Gasteiger partial charge on any atom is -0.394 e. The van der Waals surface area contributed by atoms with Gasteiger partial charge < -0.3 is 10.4 Å². The Hall–Kier alpha value is -1.95. The summed E-state index contributed by atoms with van der Waals surface area (Å²) >= 11 is 0. The van der Waals surface area contributed by atoms with Crippen LogP contribution in [0, 0.1) is 16.0 Å². The van der Waals surface area contributed by atoms with Gasteiger partial charge in [-0.3, -0.25) is 14.9 Å². The Balaban J connectivity index is 2.09. The number of amides is 1. The van der Waals surface area contributed by atoms with Crippen LogP contribution in [0.15, 0.2) is 24.3 Å². The smallest absolute Gasteiger partial charge is 0.269 e. The van der Waals surface area contributed by atoms with Crippen molar-refractivity contribution in [3.05, 3.63) is 39.9 Å². The fourth-order valence-electron chi connectivity index (χ4n) is 2.06. The molecule has 1 fully saturated rings. The molecule has 0 saturated heterocycles. The van der Waals surface area contributed by atoms with Crippen LogP contribution in [-0.4, -0.2) is 28.1 Å². The second-order valence-corrected chi connectivity index (χ2v) is 5.11. The number of non-ortho nitro benzene ring substituents is 1. The Bertz CT molecular complexity index is 496. The Labute approximate surface area is 110 Å². The van der Waals surface area contributed by atoms with Crippen LogP contribution in [0.5, 0.6) is 0 Å². The highest BCUT2D eigenvalue weighted by Crippen LogP contribution is 2.39. The maximum Gasteiger partial charge on any atom is 0.269 e. The maximum absolute atomic E-state index is 12.0. The molecule has 6 heteroatoms. The summed E-state index contributed by atoms with van der Waals surface area (Å²) in [6.07, 6.45) is 2.00. The van der Waals surface area contributed by atoms with Gasteiger partial charge in [-0.05, 0) is 37.8 Å². The molecule has 1 aromatic carbocycles. The molecule has 1 saturated carbocycles. The Morgan fingerprint density at radius 3 is 2.47 bits per heavy atom. The van der Waals surface area contributed by atoms with Crippen LogP contribution >= 0.6 is 0 Å². The number of benzene rings is 1. The van der Waals surface area contributed by atoms with Crippen LogP contribution in [0.3, 0.4) is 0 Å². The number of hydrogen-bond donors (Lipinski definition) is 2. The van der Waals surface area contributed by atoms with Gasteiger partial charge in [0.1, 0.15) is 0 Å². The number of nitrogens with zero attached hydrogens (tertiary/aromatic N) is 1. The molecule has 1 unspecified atom stereocenters. The zero-order valence-corrected chi connectivity index (χ0v) is 10.6. The topological polar surface area (TPSA) is 92.5 Å². The van der Waals surface area contributed by atoms with Gasteiger partial charge in [0.15, 0.2) is 0 Å². The van der Waals surface area contributed by atoms with E-state index in [0.717, 1.165) is 12.8 Å². The van der Waals surface area contributed by atoms with Crippen LogP contribution in [0.2, 0.25) is 0 Å². The van der Waals surface area contributed by atoms with Crippen LogP contribution in [0.1, 0.15) is 30.1 Å². The van der Waals surface area contributed by atoms with Crippen molar-refractivity contribution in [3.63, 3.8) is 0 Å². The largest absolute Gasteiger partial charge is 0.394 e. The number of rotatable bonds is 5. The molecule has 0 radical (unpaired) electrons. The first-order valence-corrected chi connectivity index (χ1v) is 6.14. The zero-order valence-electron chi connectivity index (χ0n) is 10.6. The van der Waals surface area contributed by atoms with E-state index in [1.807, 2.05) is 6.92 Å². The van der Waals surface area contributed by atoms with Gasteiger partial charge in [-0.15, -0.1) is 0 Å². The first-order valence-electron chi connectivity index (χ1n) is 6.14. The summed E-state index contributed by atoms with van der Waals surface area (Å²) < 4.78 is 0. The van der Waals surface area contributed by atoms with Gasteiger partial charge in [-0.25, -0.2) is 0 Å². The van der Waals surface area contributed by atoms with Gasteiger partial charge in [0.2, 0.25) is 0 Å². The van der Waals surface area contributed by atoms with E-state index in [2.05, 4.69) is 5.32 Å². The predicted molar refractivity (Wildman–Crippen MR) is 68.8 cm³/mol. The highest BCUT2D eigenvalue weighted by Gasteiger charge is 2.42. The molecule has 0 aliphatic heterocycles. The summed E-state index contributed by atoms with van der Waals surface area (Å²) in [4.78, 5) is 22.1. The van der Waals surface area contributed by atoms with Gasteiger partial charge in [-0.2, -0.15) is 0 Å². The average molecular weight is 264 g/mol. The summed E-state index contributed by atoms with van der Waals surface area (Å²) in [5, 5.41) is 22.7. The van der Waals surface area contributed by atoms with E-state index in [0.29, 0.717) is 11.5 Å². The van der Waals surface area contributed by atoms with E-state index in [1.165, 1.54) is 24.3 Å². The van der Waals surface area contributed by atoms with E-state index >= 15 is 0 Å². The number of aliphatic hydroxyl groups excluding tert-OH is 1. The summed E-state index contributed by atoms with van der Waals surface area (Å²) in [5.41, 5.74) is -0.312. The number of carbonyl (C=O) groups is 1. The normalized spacial score (nSPS) is 17.6. The monoisotopic (exact) mass is 264 g/mol. The van der Waals surface area contributed by atoms with E-state index in [1.54, 1.807) is 0 Å². The molecule has 102 valence electrons. The van der Waals surface area contributed by atoms with E-state index in [9.17, 15) is 20.0 Å². The molecule has 0 heterocycles. The van der Waals surface area contributed by atoms with Crippen molar-refractivity contribution >= 4 is 11.6 Å². The lowest BCUT2D eigenvalue weighted by atomic mass is 9.96. The molecule has 1 aliphatic rings. The first kappa shape index (κ1) is 13.5. The van der Waals surface area contributed by atoms with Crippen molar-refractivity contribution in [3.8, 4) is 0 Å². The SMILES string of the molecule is CC(CO)(NC(=O)c1ccc([N+](=O)[O-])cc1)C1CC1. The van der Waals surface area contributed by atoms with Crippen molar-refractivity contribution in [2.75, 3.05) is 6.61 Å². The second kappa shape index (κ2) is 4.97. The number of nitro groups is 1. The molecule has 0 spiro atoms. The van der Waals surface area contributed by atoms with E-state index < -0.39 is 10.5 Å². The Morgan fingerprint density at radius 1 is 1.47 bits per heavy atom. The van der Waals surface area contributed by atoms with Crippen molar-refractivity contribution in [2.45, 2.75) is 25.3 Å². The number of hydrogen-bond acceptors (Lipinski definition) is 4. The minimum atomic E-state index is -0.612. The molecule has 1 atom stereocenters. The standard InChI is InChI=1S/C13H16N2O4/c1-13(8-16,10-4-5-10)14-12(17)9-2-6-11(7-3-9)15(18)19/h2-3,6-7,10,16H,4-5,8H2,1H3,(H,14,17). The fourth-order valence-corrected chi connectivity index (χ4v) is 2.06. The number of aliphatic hydroxyl groups is 1. The fraction of sp³-hybridized carbons (Fsp3) is 0.462. The summed E-state index contributed by atoms with van der Waals surface area (Å²) in [5.74, 6) is -0.0159. The van der Waals surface area contributed by atoms with Crippen LogP contribution < -0.4 is 5.32 Å². The summed E-state index contributed by atoms with van der Waals surface area (Å²) in [6.45, 7) is 1.70. The van der Waals surface area contributed by atoms with Crippen molar-refractivity contribution in [1.82, 2.24) is 5.32 Å². The molecule has 19 heavy (non-hydrogen) atoms. The lowest BCUT2D eigenvalue weighted by Crippen LogP contribution is -2.50. The lowest BCUT2D eigenvalue weighted by molar-refractivity contribution is -0.384. The van der Waals surface area contributed by atoms with Gasteiger partial charge in [0.25, 0.3) is 11.6 Å². The first-order chi connectivity index (χ1) is 8.96. The quantitative estimate of drug-likeness (QED) is 0.622.